The molecule has 0 amide bonds. The van der Waals surface area contributed by atoms with Gasteiger partial charge in [0.1, 0.15) is 5.82 Å². The molecule has 3 nitrogen and oxygen atoms in total. The first-order valence-electron chi connectivity index (χ1n) is 6.10. The Morgan fingerprint density at radius 1 is 1.37 bits per heavy atom. The van der Waals surface area contributed by atoms with E-state index in [1.165, 1.54) is 12.1 Å². The number of nitrogens with zero attached hydrogens (tertiary/aromatic N) is 2. The summed E-state index contributed by atoms with van der Waals surface area (Å²) in [5.41, 5.74) is -0.231. The van der Waals surface area contributed by atoms with Gasteiger partial charge < -0.3 is 4.57 Å². The van der Waals surface area contributed by atoms with Gasteiger partial charge in [0.15, 0.2) is 17.4 Å². The smallest absolute Gasteiger partial charge is 0.173 e. The van der Waals surface area contributed by atoms with Crippen molar-refractivity contribution in [3.8, 4) is 0 Å². The quantitative estimate of drug-likeness (QED) is 0.778. The van der Waals surface area contributed by atoms with Crippen molar-refractivity contribution in [1.82, 2.24) is 9.55 Å². The number of benzene rings is 1. The summed E-state index contributed by atoms with van der Waals surface area (Å²) in [7, 11) is 0. The molecule has 2 rings (SSSR count). The van der Waals surface area contributed by atoms with Crippen LogP contribution in [0.4, 0.5) is 8.78 Å². The first-order chi connectivity index (χ1) is 9.13. The Kier molecular flexibility index (Phi) is 4.04. The van der Waals surface area contributed by atoms with Crippen molar-refractivity contribution in [3.63, 3.8) is 0 Å². The van der Waals surface area contributed by atoms with Gasteiger partial charge in [-0.05, 0) is 18.6 Å². The van der Waals surface area contributed by atoms with Gasteiger partial charge in [-0.1, -0.05) is 13.0 Å². The van der Waals surface area contributed by atoms with E-state index >= 15 is 0 Å². The van der Waals surface area contributed by atoms with Gasteiger partial charge >= 0.3 is 0 Å². The number of carbonyl (C=O) groups excluding carboxylic acids is 1. The molecule has 0 aliphatic heterocycles. The van der Waals surface area contributed by atoms with Crippen LogP contribution < -0.4 is 0 Å². The zero-order chi connectivity index (χ0) is 13.8. The highest BCUT2D eigenvalue weighted by molar-refractivity contribution is 5.97. The van der Waals surface area contributed by atoms with Gasteiger partial charge in [0, 0.05) is 18.9 Å². The normalized spacial score (nSPS) is 10.7. The van der Waals surface area contributed by atoms with E-state index < -0.39 is 17.4 Å². The van der Waals surface area contributed by atoms with Crippen molar-refractivity contribution in [2.75, 3.05) is 0 Å². The summed E-state index contributed by atoms with van der Waals surface area (Å²) in [6.07, 6.45) is 4.24. The molecule has 0 saturated carbocycles. The Morgan fingerprint density at radius 3 is 2.89 bits per heavy atom. The molecule has 0 unspecified atom stereocenters. The van der Waals surface area contributed by atoms with E-state index in [9.17, 15) is 13.6 Å². The van der Waals surface area contributed by atoms with Crippen LogP contribution in [-0.2, 0) is 13.0 Å². The van der Waals surface area contributed by atoms with Gasteiger partial charge in [0.05, 0.1) is 12.0 Å². The highest BCUT2D eigenvalue weighted by atomic mass is 19.2. The van der Waals surface area contributed by atoms with E-state index in [0.29, 0.717) is 5.82 Å². The fourth-order valence-corrected chi connectivity index (χ4v) is 1.91. The van der Waals surface area contributed by atoms with E-state index in [2.05, 4.69) is 4.98 Å². The number of hydrogen-bond acceptors (Lipinski definition) is 2. The Labute approximate surface area is 109 Å². The maximum absolute atomic E-state index is 13.5. The number of rotatable bonds is 5. The predicted molar refractivity (Wildman–Crippen MR) is 66.9 cm³/mol. The van der Waals surface area contributed by atoms with Gasteiger partial charge in [-0.25, -0.2) is 13.8 Å². The van der Waals surface area contributed by atoms with Gasteiger partial charge in [-0.3, -0.25) is 4.79 Å². The predicted octanol–water partition coefficient (Wildman–Crippen LogP) is 3.00. The Hall–Kier alpha value is -2.04. The van der Waals surface area contributed by atoms with Crippen molar-refractivity contribution in [2.24, 2.45) is 0 Å². The molecule has 100 valence electrons. The van der Waals surface area contributed by atoms with Gasteiger partial charge in [0.25, 0.3) is 0 Å². The van der Waals surface area contributed by atoms with Crippen molar-refractivity contribution in [2.45, 2.75) is 26.3 Å². The third-order valence-corrected chi connectivity index (χ3v) is 2.84. The molecule has 0 fully saturated rings. The molecule has 2 aromatic rings. The number of carbonyl (C=O) groups is 1. The maximum atomic E-state index is 13.5. The van der Waals surface area contributed by atoms with E-state index in [1.54, 1.807) is 12.4 Å². The monoisotopic (exact) mass is 264 g/mol. The zero-order valence-electron chi connectivity index (χ0n) is 10.6. The Morgan fingerprint density at radius 2 is 2.16 bits per heavy atom. The summed E-state index contributed by atoms with van der Waals surface area (Å²) in [5, 5.41) is 0. The topological polar surface area (TPSA) is 34.9 Å². The largest absolute Gasteiger partial charge is 0.335 e. The van der Waals surface area contributed by atoms with Crippen LogP contribution in [0.3, 0.4) is 0 Å². The molecule has 1 heterocycles. The lowest BCUT2D eigenvalue weighted by molar-refractivity contribution is 0.0985. The number of aromatic nitrogens is 2. The van der Waals surface area contributed by atoms with E-state index in [-0.39, 0.29) is 12.0 Å². The highest BCUT2D eigenvalue weighted by Crippen LogP contribution is 2.14. The van der Waals surface area contributed by atoms with Crippen LogP contribution in [0, 0.1) is 11.6 Å². The summed E-state index contributed by atoms with van der Waals surface area (Å²) in [6, 6.07) is 3.60. The van der Waals surface area contributed by atoms with Crippen LogP contribution in [0.5, 0.6) is 0 Å². The summed E-state index contributed by atoms with van der Waals surface area (Å²) in [4.78, 5) is 16.1. The van der Waals surface area contributed by atoms with Crippen LogP contribution >= 0.6 is 0 Å². The van der Waals surface area contributed by atoms with Crippen molar-refractivity contribution < 1.29 is 13.6 Å². The average molecular weight is 264 g/mol. The Bertz CT molecular complexity index is 593. The molecule has 19 heavy (non-hydrogen) atoms. The molecule has 5 heteroatoms. The minimum absolute atomic E-state index is 0.0344. The highest BCUT2D eigenvalue weighted by Gasteiger charge is 2.17. The molecular formula is C14H14F2N2O. The SMILES string of the molecule is CCCn1ccnc1CC(=O)c1cccc(F)c1F. The van der Waals surface area contributed by atoms with Crippen LogP contribution in [0.2, 0.25) is 0 Å². The number of hydrogen-bond donors (Lipinski definition) is 0. The van der Waals surface area contributed by atoms with Crippen LogP contribution in [0.25, 0.3) is 0 Å². The summed E-state index contributed by atoms with van der Waals surface area (Å²) in [5.74, 6) is -2.01. The summed E-state index contributed by atoms with van der Waals surface area (Å²) in [6.45, 7) is 2.76. The first-order valence-corrected chi connectivity index (χ1v) is 6.10. The molecule has 0 aliphatic rings. The second-order valence-electron chi connectivity index (χ2n) is 4.24. The van der Waals surface area contributed by atoms with Crippen LogP contribution in [-0.4, -0.2) is 15.3 Å². The second kappa shape index (κ2) is 5.73. The molecule has 0 atom stereocenters. The number of halogens is 2. The van der Waals surface area contributed by atoms with Crippen LogP contribution in [0.15, 0.2) is 30.6 Å². The van der Waals surface area contributed by atoms with E-state index in [0.717, 1.165) is 19.0 Å². The molecular weight excluding hydrogens is 250 g/mol. The molecule has 0 N–H and O–H groups in total. The molecule has 0 spiro atoms. The van der Waals surface area contributed by atoms with Gasteiger partial charge in [0.2, 0.25) is 0 Å². The standard InChI is InChI=1S/C14H14F2N2O/c1-2-7-18-8-6-17-13(18)9-12(19)10-4-3-5-11(15)14(10)16/h3-6,8H,2,7,9H2,1H3. The molecule has 1 aromatic heterocycles. The fourth-order valence-electron chi connectivity index (χ4n) is 1.91. The maximum Gasteiger partial charge on any atom is 0.173 e. The second-order valence-corrected chi connectivity index (χ2v) is 4.24. The molecule has 0 saturated heterocycles. The fraction of sp³-hybridized carbons (Fsp3) is 0.286. The lowest BCUT2D eigenvalue weighted by atomic mass is 10.1. The van der Waals surface area contributed by atoms with Gasteiger partial charge in [-0.2, -0.15) is 0 Å². The minimum Gasteiger partial charge on any atom is -0.335 e. The lowest BCUT2D eigenvalue weighted by Gasteiger charge is -2.06. The number of ketones is 1. The third-order valence-electron chi connectivity index (χ3n) is 2.84. The van der Waals surface area contributed by atoms with Crippen molar-refractivity contribution >= 4 is 5.78 Å². The van der Waals surface area contributed by atoms with Crippen molar-refractivity contribution in [1.29, 1.82) is 0 Å². The zero-order valence-corrected chi connectivity index (χ0v) is 10.6. The minimum atomic E-state index is -1.10. The molecule has 0 aliphatic carbocycles. The molecule has 1 aromatic carbocycles. The number of Topliss-reactive ketones (excluding diaryl/α,β-unsaturated/α-hetero) is 1. The lowest BCUT2D eigenvalue weighted by Crippen LogP contribution is -2.12. The Balaban J connectivity index is 2.21. The summed E-state index contributed by atoms with van der Waals surface area (Å²) < 4.78 is 28.4. The van der Waals surface area contributed by atoms with Crippen LogP contribution in [0.1, 0.15) is 29.5 Å². The average Bonchev–Trinajstić information content (AvgIpc) is 2.80. The van der Waals surface area contributed by atoms with Crippen molar-refractivity contribution in [3.05, 3.63) is 53.6 Å². The molecule has 0 radical (unpaired) electrons. The van der Waals surface area contributed by atoms with Gasteiger partial charge in [-0.15, -0.1) is 0 Å². The number of imidazole rings is 1. The summed E-state index contributed by atoms with van der Waals surface area (Å²) >= 11 is 0. The molecule has 0 bridgehead atoms. The third kappa shape index (κ3) is 2.86. The van der Waals surface area contributed by atoms with E-state index in [1.807, 2.05) is 11.5 Å². The number of aryl methyl sites for hydroxylation is 1. The van der Waals surface area contributed by atoms with E-state index in [4.69, 9.17) is 0 Å². The first kappa shape index (κ1) is 13.4.